The van der Waals surface area contributed by atoms with Crippen molar-refractivity contribution in [1.29, 1.82) is 5.26 Å². The van der Waals surface area contributed by atoms with E-state index < -0.39 is 0 Å². The Morgan fingerprint density at radius 1 is 1.26 bits per heavy atom. The molecule has 2 aromatic rings. The van der Waals surface area contributed by atoms with Crippen LogP contribution in [-0.4, -0.2) is 11.5 Å². The van der Waals surface area contributed by atoms with Crippen LogP contribution < -0.4 is 4.90 Å². The van der Waals surface area contributed by atoms with Crippen LogP contribution in [0.3, 0.4) is 0 Å². The third kappa shape index (κ3) is 3.24. The number of anilines is 1. The number of hydrogen-bond donors (Lipinski definition) is 0. The predicted octanol–water partition coefficient (Wildman–Crippen LogP) is 3.63. The van der Waals surface area contributed by atoms with E-state index in [1.54, 1.807) is 18.5 Å². The molecule has 0 bridgehead atoms. The van der Waals surface area contributed by atoms with E-state index in [4.69, 9.17) is 16.9 Å². The maximum atomic E-state index is 8.89. The summed E-state index contributed by atoms with van der Waals surface area (Å²) in [5.41, 5.74) is 2.71. The molecular weight excluding hydrogens is 258 g/mol. The van der Waals surface area contributed by atoms with Gasteiger partial charge < -0.3 is 4.90 Å². The van der Waals surface area contributed by atoms with Gasteiger partial charge in [0.05, 0.1) is 10.6 Å². The molecule has 0 aliphatic heterocycles. The van der Waals surface area contributed by atoms with Gasteiger partial charge in [-0.15, -0.1) is 0 Å². The zero-order chi connectivity index (χ0) is 13.7. The maximum Gasteiger partial charge on any atom is 0.101 e. The molecule has 1 aromatic carbocycles. The summed E-state index contributed by atoms with van der Waals surface area (Å²) in [6.07, 6.45) is 3.57. The Morgan fingerprint density at radius 2 is 2.00 bits per heavy atom. The van der Waals surface area contributed by atoms with E-state index in [9.17, 15) is 0 Å². The van der Waals surface area contributed by atoms with Gasteiger partial charge in [0, 0.05) is 31.2 Å². The van der Waals surface area contributed by atoms with Gasteiger partial charge >= 0.3 is 0 Å². The number of pyridine rings is 1. The summed E-state index contributed by atoms with van der Waals surface area (Å²) in [5, 5.41) is 9.38. The lowest BCUT2D eigenvalue weighted by atomic mass is 10.2. The van der Waals surface area contributed by atoms with Crippen molar-refractivity contribution in [3.8, 4) is 6.07 Å². The van der Waals surface area contributed by atoms with Crippen molar-refractivity contribution in [3.05, 3.63) is 58.9 Å². The molecule has 0 radical (unpaired) electrons. The van der Waals surface area contributed by atoms with E-state index >= 15 is 0 Å². The van der Waals surface area contributed by atoms with Crippen molar-refractivity contribution in [3.63, 3.8) is 0 Å². The van der Waals surface area contributed by atoms with Gasteiger partial charge in [0.2, 0.25) is 0 Å². The summed E-state index contributed by atoms with van der Waals surface area (Å²) in [6, 6.07) is 11.6. The first kappa shape index (κ1) is 13.4. The Bertz CT molecular complexity index is 590. The monoisotopic (exact) mass is 271 g/mol. The average molecular weight is 272 g/mol. The van der Waals surface area contributed by atoms with E-state index in [-0.39, 0.29) is 0 Å². The molecule has 1 aromatic heterocycles. The van der Waals surface area contributed by atoms with E-state index in [0.29, 0.717) is 10.6 Å². The number of nitriles is 1. The molecule has 19 heavy (non-hydrogen) atoms. The minimum absolute atomic E-state index is 0.494. The van der Waals surface area contributed by atoms with E-state index in [0.717, 1.165) is 18.8 Å². The van der Waals surface area contributed by atoms with E-state index in [1.807, 2.05) is 24.3 Å². The lowest BCUT2D eigenvalue weighted by molar-refractivity contribution is 0.830. The van der Waals surface area contributed by atoms with Gasteiger partial charge in [0.25, 0.3) is 0 Å². The number of aromatic nitrogens is 1. The van der Waals surface area contributed by atoms with Crippen LogP contribution in [-0.2, 0) is 6.54 Å². The van der Waals surface area contributed by atoms with Crippen molar-refractivity contribution >= 4 is 17.3 Å². The van der Waals surface area contributed by atoms with Gasteiger partial charge in [-0.2, -0.15) is 5.26 Å². The van der Waals surface area contributed by atoms with Gasteiger partial charge in [0.15, 0.2) is 0 Å². The van der Waals surface area contributed by atoms with Crippen LogP contribution in [0.15, 0.2) is 42.7 Å². The molecular formula is C15H14ClN3. The standard InChI is InChI=1S/C15H14ClN3/c1-2-19(11-12-5-7-18-8-6-12)14-4-3-13(10-17)15(16)9-14/h3-9H,2,11H2,1H3. The molecule has 0 unspecified atom stereocenters. The second-order valence-electron chi connectivity index (χ2n) is 4.15. The minimum Gasteiger partial charge on any atom is -0.367 e. The fraction of sp³-hybridized carbons (Fsp3) is 0.200. The highest BCUT2D eigenvalue weighted by Crippen LogP contribution is 2.24. The Balaban J connectivity index is 2.23. The Kier molecular flexibility index (Phi) is 4.38. The van der Waals surface area contributed by atoms with E-state index in [1.165, 1.54) is 5.56 Å². The summed E-state index contributed by atoms with van der Waals surface area (Å²) in [4.78, 5) is 6.21. The quantitative estimate of drug-likeness (QED) is 0.852. The van der Waals surface area contributed by atoms with Crippen molar-refractivity contribution in [2.24, 2.45) is 0 Å². The summed E-state index contributed by atoms with van der Waals surface area (Å²) < 4.78 is 0. The van der Waals surface area contributed by atoms with Gasteiger partial charge in [-0.05, 0) is 42.8 Å². The minimum atomic E-state index is 0.494. The van der Waals surface area contributed by atoms with Crippen LogP contribution in [0.25, 0.3) is 0 Å². The molecule has 0 aliphatic rings. The fourth-order valence-corrected chi connectivity index (χ4v) is 2.10. The second-order valence-corrected chi connectivity index (χ2v) is 4.55. The number of halogens is 1. The molecule has 3 nitrogen and oxygen atoms in total. The van der Waals surface area contributed by atoms with Crippen LogP contribution in [0, 0.1) is 11.3 Å². The van der Waals surface area contributed by atoms with Crippen LogP contribution in [0.4, 0.5) is 5.69 Å². The molecule has 0 saturated heterocycles. The topological polar surface area (TPSA) is 39.9 Å². The maximum absolute atomic E-state index is 8.89. The number of nitrogens with zero attached hydrogens (tertiary/aromatic N) is 3. The molecule has 1 heterocycles. The molecule has 96 valence electrons. The fourth-order valence-electron chi connectivity index (χ4n) is 1.89. The summed E-state index contributed by atoms with van der Waals surface area (Å²) in [7, 11) is 0. The van der Waals surface area contributed by atoms with Gasteiger partial charge in [-0.25, -0.2) is 0 Å². The Morgan fingerprint density at radius 3 is 2.58 bits per heavy atom. The zero-order valence-electron chi connectivity index (χ0n) is 10.7. The third-order valence-corrected chi connectivity index (χ3v) is 3.26. The average Bonchev–Trinajstić information content (AvgIpc) is 2.46. The second kappa shape index (κ2) is 6.21. The smallest absolute Gasteiger partial charge is 0.101 e. The van der Waals surface area contributed by atoms with Crippen LogP contribution >= 0.6 is 11.6 Å². The summed E-state index contributed by atoms with van der Waals surface area (Å²) in [6.45, 7) is 3.75. The van der Waals surface area contributed by atoms with Crippen LogP contribution in [0.5, 0.6) is 0 Å². The molecule has 4 heteroatoms. The first-order valence-electron chi connectivity index (χ1n) is 6.08. The Hall–Kier alpha value is -2.05. The van der Waals surface area contributed by atoms with Crippen molar-refractivity contribution < 1.29 is 0 Å². The van der Waals surface area contributed by atoms with Crippen molar-refractivity contribution in [1.82, 2.24) is 4.98 Å². The zero-order valence-corrected chi connectivity index (χ0v) is 11.4. The highest BCUT2D eigenvalue weighted by atomic mass is 35.5. The molecule has 0 aliphatic carbocycles. The molecule has 0 amide bonds. The summed E-state index contributed by atoms with van der Waals surface area (Å²) >= 11 is 6.07. The first-order valence-corrected chi connectivity index (χ1v) is 6.46. The third-order valence-electron chi connectivity index (χ3n) is 2.94. The highest BCUT2D eigenvalue weighted by molar-refractivity contribution is 6.32. The van der Waals surface area contributed by atoms with Crippen LogP contribution in [0.1, 0.15) is 18.1 Å². The molecule has 0 saturated carbocycles. The SMILES string of the molecule is CCN(Cc1ccncc1)c1ccc(C#N)c(Cl)c1. The van der Waals surface area contributed by atoms with Gasteiger partial charge in [-0.3, -0.25) is 4.98 Å². The molecule has 2 rings (SSSR count). The lowest BCUT2D eigenvalue weighted by Crippen LogP contribution is -2.21. The number of rotatable bonds is 4. The number of hydrogen-bond acceptors (Lipinski definition) is 3. The number of benzene rings is 1. The van der Waals surface area contributed by atoms with E-state index in [2.05, 4.69) is 22.9 Å². The lowest BCUT2D eigenvalue weighted by Gasteiger charge is -2.23. The normalized spacial score (nSPS) is 9.95. The molecule has 0 spiro atoms. The predicted molar refractivity (Wildman–Crippen MR) is 77.1 cm³/mol. The summed E-state index contributed by atoms with van der Waals surface area (Å²) in [5.74, 6) is 0. The Labute approximate surface area is 118 Å². The molecule has 0 fully saturated rings. The molecule has 0 atom stereocenters. The first-order chi connectivity index (χ1) is 9.24. The van der Waals surface area contributed by atoms with Gasteiger partial charge in [-0.1, -0.05) is 11.6 Å². The highest BCUT2D eigenvalue weighted by Gasteiger charge is 2.08. The van der Waals surface area contributed by atoms with Crippen molar-refractivity contribution in [2.75, 3.05) is 11.4 Å². The molecule has 0 N–H and O–H groups in total. The van der Waals surface area contributed by atoms with Gasteiger partial charge in [0.1, 0.15) is 6.07 Å². The van der Waals surface area contributed by atoms with Crippen molar-refractivity contribution in [2.45, 2.75) is 13.5 Å². The van der Waals surface area contributed by atoms with Crippen LogP contribution in [0.2, 0.25) is 5.02 Å². The largest absolute Gasteiger partial charge is 0.367 e.